The molecular formula is C17H17N3O4. The summed E-state index contributed by atoms with van der Waals surface area (Å²) in [5.74, 6) is 0.104. The van der Waals surface area contributed by atoms with Gasteiger partial charge in [-0.2, -0.15) is 0 Å². The van der Waals surface area contributed by atoms with Crippen molar-refractivity contribution in [3.8, 4) is 0 Å². The predicted octanol–water partition coefficient (Wildman–Crippen LogP) is 1.77. The second-order valence-corrected chi connectivity index (χ2v) is 5.35. The lowest BCUT2D eigenvalue weighted by molar-refractivity contribution is 0.0653. The Kier molecular flexibility index (Phi) is 4.60. The Morgan fingerprint density at radius 2 is 1.71 bits per heavy atom. The number of furan rings is 1. The van der Waals surface area contributed by atoms with Crippen molar-refractivity contribution in [2.75, 3.05) is 13.1 Å². The van der Waals surface area contributed by atoms with Crippen molar-refractivity contribution in [2.24, 2.45) is 0 Å². The fraction of sp³-hybridized carbons (Fsp3) is 0.235. The molecule has 7 nitrogen and oxygen atoms in total. The molecule has 3 rings (SSSR count). The van der Waals surface area contributed by atoms with Crippen LogP contribution in [0.25, 0.3) is 0 Å². The molecule has 1 aromatic heterocycles. The van der Waals surface area contributed by atoms with Gasteiger partial charge in [0.05, 0.1) is 23.9 Å². The van der Waals surface area contributed by atoms with Crippen LogP contribution in [-0.4, -0.2) is 35.8 Å². The number of urea groups is 1. The molecule has 24 heavy (non-hydrogen) atoms. The molecule has 124 valence electrons. The van der Waals surface area contributed by atoms with Crippen LogP contribution in [0.2, 0.25) is 0 Å². The number of rotatable bonds is 6. The summed E-state index contributed by atoms with van der Waals surface area (Å²) in [6, 6.07) is 9.95. The Morgan fingerprint density at radius 1 is 1.00 bits per heavy atom. The van der Waals surface area contributed by atoms with E-state index in [9.17, 15) is 14.4 Å². The molecule has 4 amide bonds. The maximum atomic E-state index is 12.2. The van der Waals surface area contributed by atoms with E-state index in [1.807, 2.05) is 0 Å². The topological polar surface area (TPSA) is 91.7 Å². The minimum Gasteiger partial charge on any atom is -0.467 e. The van der Waals surface area contributed by atoms with Gasteiger partial charge in [-0.05, 0) is 30.7 Å². The maximum absolute atomic E-state index is 12.2. The smallest absolute Gasteiger partial charge is 0.315 e. The molecule has 0 saturated heterocycles. The summed E-state index contributed by atoms with van der Waals surface area (Å²) < 4.78 is 5.11. The maximum Gasteiger partial charge on any atom is 0.315 e. The van der Waals surface area contributed by atoms with Gasteiger partial charge in [0.15, 0.2) is 0 Å². The van der Waals surface area contributed by atoms with E-state index >= 15 is 0 Å². The SMILES string of the molecule is O=C(NCCCN1C(=O)c2ccccc2C1=O)NCc1ccco1. The van der Waals surface area contributed by atoms with Gasteiger partial charge in [-0.25, -0.2) is 4.79 Å². The Morgan fingerprint density at radius 3 is 2.33 bits per heavy atom. The van der Waals surface area contributed by atoms with E-state index in [-0.39, 0.29) is 24.4 Å². The fourth-order valence-electron chi connectivity index (χ4n) is 2.52. The second kappa shape index (κ2) is 6.99. The molecule has 2 aromatic rings. The molecule has 2 heterocycles. The van der Waals surface area contributed by atoms with Gasteiger partial charge >= 0.3 is 6.03 Å². The number of nitrogens with one attached hydrogen (secondary N) is 2. The average molecular weight is 327 g/mol. The quantitative estimate of drug-likeness (QED) is 0.625. The average Bonchev–Trinajstić information content (AvgIpc) is 3.19. The zero-order valence-electron chi connectivity index (χ0n) is 13.0. The first-order valence-electron chi connectivity index (χ1n) is 7.66. The largest absolute Gasteiger partial charge is 0.467 e. The summed E-state index contributed by atoms with van der Waals surface area (Å²) in [7, 11) is 0. The summed E-state index contributed by atoms with van der Waals surface area (Å²) in [6.07, 6.45) is 2.02. The molecule has 2 N–H and O–H groups in total. The third-order valence-electron chi connectivity index (χ3n) is 3.73. The number of hydrogen-bond acceptors (Lipinski definition) is 4. The highest BCUT2D eigenvalue weighted by Gasteiger charge is 2.34. The number of nitrogens with zero attached hydrogens (tertiary/aromatic N) is 1. The number of carbonyl (C=O) groups is 3. The Labute approximate surface area is 138 Å². The molecule has 7 heteroatoms. The summed E-state index contributed by atoms with van der Waals surface area (Å²) in [6.45, 7) is 0.930. The summed E-state index contributed by atoms with van der Waals surface area (Å²) in [4.78, 5) is 37.2. The van der Waals surface area contributed by atoms with Gasteiger partial charge in [0.1, 0.15) is 5.76 Å². The number of hydrogen-bond donors (Lipinski definition) is 2. The molecule has 0 unspecified atom stereocenters. The van der Waals surface area contributed by atoms with E-state index in [0.29, 0.717) is 36.4 Å². The normalized spacial score (nSPS) is 13.1. The van der Waals surface area contributed by atoms with E-state index in [4.69, 9.17) is 4.42 Å². The van der Waals surface area contributed by atoms with Crippen LogP contribution >= 0.6 is 0 Å². The van der Waals surface area contributed by atoms with Gasteiger partial charge < -0.3 is 15.1 Å². The fourth-order valence-corrected chi connectivity index (χ4v) is 2.52. The zero-order chi connectivity index (χ0) is 16.9. The van der Waals surface area contributed by atoms with Crippen LogP contribution in [0.15, 0.2) is 47.1 Å². The van der Waals surface area contributed by atoms with E-state index in [1.54, 1.807) is 36.4 Å². The van der Waals surface area contributed by atoms with Crippen LogP contribution < -0.4 is 10.6 Å². The summed E-state index contributed by atoms with van der Waals surface area (Å²) in [5, 5.41) is 5.33. The number of carbonyl (C=O) groups excluding carboxylic acids is 3. The highest BCUT2D eigenvalue weighted by atomic mass is 16.3. The molecular weight excluding hydrogens is 310 g/mol. The molecule has 0 aliphatic carbocycles. The van der Waals surface area contributed by atoms with Crippen molar-refractivity contribution in [2.45, 2.75) is 13.0 Å². The van der Waals surface area contributed by atoms with Crippen molar-refractivity contribution in [3.63, 3.8) is 0 Å². The Bertz CT molecular complexity index is 720. The van der Waals surface area contributed by atoms with Gasteiger partial charge in [0.25, 0.3) is 11.8 Å². The van der Waals surface area contributed by atoms with Crippen molar-refractivity contribution < 1.29 is 18.8 Å². The summed E-state index contributed by atoms with van der Waals surface area (Å²) >= 11 is 0. The van der Waals surface area contributed by atoms with Gasteiger partial charge in [-0.3, -0.25) is 14.5 Å². The highest BCUT2D eigenvalue weighted by Crippen LogP contribution is 2.22. The van der Waals surface area contributed by atoms with E-state index < -0.39 is 0 Å². The van der Waals surface area contributed by atoms with Crippen LogP contribution in [0.5, 0.6) is 0 Å². The molecule has 1 aromatic carbocycles. The molecule has 0 bridgehead atoms. The monoisotopic (exact) mass is 327 g/mol. The van der Waals surface area contributed by atoms with Gasteiger partial charge in [0.2, 0.25) is 0 Å². The van der Waals surface area contributed by atoms with Crippen LogP contribution in [0.1, 0.15) is 32.9 Å². The number of imide groups is 1. The molecule has 1 aliphatic heterocycles. The molecule has 0 radical (unpaired) electrons. The molecule has 0 fully saturated rings. The molecule has 1 aliphatic rings. The van der Waals surface area contributed by atoms with Crippen LogP contribution in [0.3, 0.4) is 0 Å². The van der Waals surface area contributed by atoms with E-state index in [1.165, 1.54) is 11.2 Å². The lowest BCUT2D eigenvalue weighted by Crippen LogP contribution is -2.37. The van der Waals surface area contributed by atoms with Gasteiger partial charge in [0, 0.05) is 13.1 Å². The summed E-state index contributed by atoms with van der Waals surface area (Å²) in [5.41, 5.74) is 0.873. The van der Waals surface area contributed by atoms with Crippen molar-refractivity contribution in [1.82, 2.24) is 15.5 Å². The van der Waals surface area contributed by atoms with E-state index in [0.717, 1.165) is 0 Å². The lowest BCUT2D eigenvalue weighted by Gasteiger charge is -2.14. The van der Waals surface area contributed by atoms with Gasteiger partial charge in [-0.15, -0.1) is 0 Å². The van der Waals surface area contributed by atoms with Crippen LogP contribution in [-0.2, 0) is 6.54 Å². The first kappa shape index (κ1) is 15.8. The van der Waals surface area contributed by atoms with Crippen molar-refractivity contribution in [1.29, 1.82) is 0 Å². The first-order valence-corrected chi connectivity index (χ1v) is 7.66. The third kappa shape index (κ3) is 3.29. The molecule has 0 spiro atoms. The minimum absolute atomic E-state index is 0.269. The highest BCUT2D eigenvalue weighted by molar-refractivity contribution is 6.21. The predicted molar refractivity (Wildman–Crippen MR) is 85.4 cm³/mol. The molecule has 0 saturated carbocycles. The lowest BCUT2D eigenvalue weighted by atomic mass is 10.1. The number of benzene rings is 1. The Hall–Kier alpha value is -3.09. The zero-order valence-corrected chi connectivity index (χ0v) is 13.0. The van der Waals surface area contributed by atoms with Crippen molar-refractivity contribution in [3.05, 3.63) is 59.5 Å². The second-order valence-electron chi connectivity index (χ2n) is 5.35. The van der Waals surface area contributed by atoms with Crippen molar-refractivity contribution >= 4 is 17.8 Å². The first-order chi connectivity index (χ1) is 11.7. The third-order valence-corrected chi connectivity index (χ3v) is 3.73. The van der Waals surface area contributed by atoms with Crippen LogP contribution in [0.4, 0.5) is 4.79 Å². The van der Waals surface area contributed by atoms with Gasteiger partial charge in [-0.1, -0.05) is 12.1 Å². The Balaban J connectivity index is 1.40. The van der Waals surface area contributed by atoms with E-state index in [2.05, 4.69) is 10.6 Å². The molecule has 0 atom stereocenters. The number of amides is 4. The number of fused-ring (bicyclic) bond motifs is 1. The minimum atomic E-state index is -0.325. The van der Waals surface area contributed by atoms with Crippen LogP contribution in [0, 0.1) is 0 Å². The standard InChI is InChI=1S/C17H17N3O4/c21-15-13-6-1-2-7-14(13)16(22)20(15)9-4-8-18-17(23)19-11-12-5-3-10-24-12/h1-3,5-7,10H,4,8-9,11H2,(H2,18,19,23).